The van der Waals surface area contributed by atoms with Crippen LogP contribution < -0.4 is 5.32 Å². The van der Waals surface area contributed by atoms with Gasteiger partial charge in [0, 0.05) is 18.7 Å². The Kier molecular flexibility index (Phi) is 8.31. The van der Waals surface area contributed by atoms with Crippen LogP contribution in [0, 0.1) is 11.3 Å². The Morgan fingerprint density at radius 2 is 1.74 bits per heavy atom. The molecule has 1 aliphatic carbocycles. The van der Waals surface area contributed by atoms with E-state index in [4.69, 9.17) is 0 Å². The van der Waals surface area contributed by atoms with Gasteiger partial charge < -0.3 is 15.3 Å². The molecular weight excluding hydrogens is 394 g/mol. The molecule has 7 nitrogen and oxygen atoms in total. The van der Waals surface area contributed by atoms with Crippen molar-refractivity contribution < 1.29 is 19.5 Å². The van der Waals surface area contributed by atoms with Gasteiger partial charge in [0.15, 0.2) is 0 Å². The minimum Gasteiger partial charge on any atom is -0.478 e. The fourth-order valence-electron chi connectivity index (χ4n) is 4.40. The summed E-state index contributed by atoms with van der Waals surface area (Å²) < 4.78 is 0. The topological polar surface area (TPSA) is 90.0 Å². The molecule has 1 saturated heterocycles. The van der Waals surface area contributed by atoms with Gasteiger partial charge in [0.2, 0.25) is 11.8 Å². The monoisotopic (exact) mass is 435 g/mol. The van der Waals surface area contributed by atoms with E-state index in [1.54, 1.807) is 18.0 Å². The number of carbonyl (C=O) groups is 3. The van der Waals surface area contributed by atoms with Crippen LogP contribution in [-0.4, -0.2) is 70.4 Å². The molecule has 1 unspecified atom stereocenters. The maximum Gasteiger partial charge on any atom is 0.331 e. The van der Waals surface area contributed by atoms with Crippen LogP contribution in [0.2, 0.25) is 0 Å². The van der Waals surface area contributed by atoms with E-state index < -0.39 is 17.4 Å². The Labute approximate surface area is 187 Å². The fraction of sp³-hybridized carbons (Fsp3) is 0.792. The largest absolute Gasteiger partial charge is 0.478 e. The third kappa shape index (κ3) is 6.55. The fourth-order valence-corrected chi connectivity index (χ4v) is 4.40. The number of amides is 2. The van der Waals surface area contributed by atoms with Gasteiger partial charge in [-0.3, -0.25) is 14.5 Å². The molecule has 2 amide bonds. The number of carboxylic acids is 1. The van der Waals surface area contributed by atoms with Crippen molar-refractivity contribution >= 4 is 17.8 Å². The maximum atomic E-state index is 13.6. The lowest BCUT2D eigenvalue weighted by Gasteiger charge is -2.40. The van der Waals surface area contributed by atoms with Crippen molar-refractivity contribution in [3.05, 3.63) is 11.6 Å². The van der Waals surface area contributed by atoms with Gasteiger partial charge in [-0.1, -0.05) is 47.1 Å². The van der Waals surface area contributed by atoms with Crippen LogP contribution in [0.1, 0.15) is 73.6 Å². The molecule has 2 fully saturated rings. The summed E-state index contributed by atoms with van der Waals surface area (Å²) in [5.74, 6) is -1.22. The number of piperidine rings is 1. The summed E-state index contributed by atoms with van der Waals surface area (Å²) in [6.07, 6.45) is 6.92. The SMILES string of the molecule is CC(=C[C@H](C(C)C)N(C)C(=O)[C@@H](NC(=O)C1CCCCN1C1CC1)C(C)(C)C)C(=O)O. The van der Waals surface area contributed by atoms with Gasteiger partial charge >= 0.3 is 5.97 Å². The summed E-state index contributed by atoms with van der Waals surface area (Å²) in [5, 5.41) is 12.4. The maximum absolute atomic E-state index is 13.6. The Bertz CT molecular complexity index is 706. The molecule has 0 aromatic carbocycles. The quantitative estimate of drug-likeness (QED) is 0.572. The van der Waals surface area contributed by atoms with Crippen molar-refractivity contribution in [3.63, 3.8) is 0 Å². The predicted octanol–water partition coefficient (Wildman–Crippen LogP) is 3.05. The summed E-state index contributed by atoms with van der Waals surface area (Å²) in [6, 6.07) is -0.716. The molecule has 0 bridgehead atoms. The van der Waals surface area contributed by atoms with Crippen molar-refractivity contribution in [2.75, 3.05) is 13.6 Å². The molecule has 3 atom stereocenters. The van der Waals surface area contributed by atoms with E-state index in [1.807, 2.05) is 34.6 Å². The molecule has 2 N–H and O–H groups in total. The molecule has 1 heterocycles. The van der Waals surface area contributed by atoms with Crippen LogP contribution in [0.3, 0.4) is 0 Å². The minimum atomic E-state index is -0.996. The number of aliphatic carboxylic acids is 1. The highest BCUT2D eigenvalue weighted by Crippen LogP contribution is 2.33. The number of hydrogen-bond acceptors (Lipinski definition) is 4. The summed E-state index contributed by atoms with van der Waals surface area (Å²) >= 11 is 0. The van der Waals surface area contributed by atoms with Crippen LogP contribution in [0.15, 0.2) is 11.6 Å². The van der Waals surface area contributed by atoms with Crippen molar-refractivity contribution in [3.8, 4) is 0 Å². The molecule has 31 heavy (non-hydrogen) atoms. The van der Waals surface area contributed by atoms with Gasteiger partial charge in [0.25, 0.3) is 0 Å². The van der Waals surface area contributed by atoms with E-state index in [2.05, 4.69) is 10.2 Å². The minimum absolute atomic E-state index is 0.0308. The van der Waals surface area contributed by atoms with E-state index >= 15 is 0 Å². The molecule has 176 valence electrons. The van der Waals surface area contributed by atoms with Gasteiger partial charge in [-0.25, -0.2) is 4.79 Å². The molecule has 0 radical (unpaired) electrons. The van der Waals surface area contributed by atoms with Crippen molar-refractivity contribution in [1.82, 2.24) is 15.1 Å². The molecule has 1 aliphatic heterocycles. The second-order valence-corrected chi connectivity index (χ2v) is 10.6. The smallest absolute Gasteiger partial charge is 0.331 e. The molecular formula is C24H41N3O4. The van der Waals surface area contributed by atoms with E-state index in [9.17, 15) is 19.5 Å². The summed E-state index contributed by atoms with van der Waals surface area (Å²) in [5.41, 5.74) is -0.273. The van der Waals surface area contributed by atoms with Crippen molar-refractivity contribution in [1.29, 1.82) is 0 Å². The van der Waals surface area contributed by atoms with E-state index in [0.717, 1.165) is 38.6 Å². The number of likely N-dealkylation sites (N-methyl/N-ethyl adjacent to an activating group) is 1. The van der Waals surface area contributed by atoms with Gasteiger partial charge in [-0.2, -0.15) is 0 Å². The van der Waals surface area contributed by atoms with E-state index in [-0.39, 0.29) is 35.4 Å². The van der Waals surface area contributed by atoms with Crippen molar-refractivity contribution in [2.24, 2.45) is 11.3 Å². The highest BCUT2D eigenvalue weighted by atomic mass is 16.4. The van der Waals surface area contributed by atoms with Crippen LogP contribution in [0.4, 0.5) is 0 Å². The molecule has 2 rings (SSSR count). The number of nitrogens with one attached hydrogen (secondary N) is 1. The second-order valence-electron chi connectivity index (χ2n) is 10.6. The van der Waals surface area contributed by atoms with Crippen LogP contribution in [0.5, 0.6) is 0 Å². The van der Waals surface area contributed by atoms with Crippen LogP contribution >= 0.6 is 0 Å². The zero-order valence-electron chi connectivity index (χ0n) is 20.3. The van der Waals surface area contributed by atoms with Gasteiger partial charge in [0.05, 0.1) is 12.1 Å². The molecule has 2 aliphatic rings. The van der Waals surface area contributed by atoms with E-state index in [0.29, 0.717) is 6.04 Å². The lowest BCUT2D eigenvalue weighted by molar-refractivity contribution is -0.142. The van der Waals surface area contributed by atoms with Gasteiger partial charge in [-0.05, 0) is 50.5 Å². The zero-order valence-corrected chi connectivity index (χ0v) is 20.3. The first-order valence-corrected chi connectivity index (χ1v) is 11.6. The third-order valence-electron chi connectivity index (χ3n) is 6.50. The number of likely N-dealkylation sites (tertiary alicyclic amines) is 1. The van der Waals surface area contributed by atoms with Crippen LogP contribution in [-0.2, 0) is 14.4 Å². The normalized spacial score (nSPS) is 22.7. The Hall–Kier alpha value is -1.89. The lowest BCUT2D eigenvalue weighted by atomic mass is 9.84. The average Bonchev–Trinajstić information content (AvgIpc) is 3.52. The highest BCUT2D eigenvalue weighted by molar-refractivity contribution is 5.91. The molecule has 0 aromatic rings. The second kappa shape index (κ2) is 10.2. The zero-order chi connectivity index (χ0) is 23.5. The summed E-state index contributed by atoms with van der Waals surface area (Å²) in [4.78, 5) is 42.1. The average molecular weight is 436 g/mol. The number of nitrogens with zero attached hydrogens (tertiary/aromatic N) is 2. The lowest BCUT2D eigenvalue weighted by Crippen LogP contribution is -2.60. The Balaban J connectivity index is 2.22. The molecule has 1 saturated carbocycles. The van der Waals surface area contributed by atoms with E-state index in [1.165, 1.54) is 6.92 Å². The molecule has 0 aromatic heterocycles. The standard InChI is InChI=1S/C24H41N3O4/c1-15(2)19(14-16(3)23(30)31)26(7)22(29)20(24(4,5)6)25-21(28)18-10-8-9-13-27(18)17-11-12-17/h14-15,17-20H,8-13H2,1-7H3,(H,25,28)(H,30,31)/t18?,19-,20-/m1/s1. The highest BCUT2D eigenvalue weighted by Gasteiger charge is 2.42. The molecule has 0 spiro atoms. The number of carbonyl (C=O) groups excluding carboxylic acids is 2. The number of hydrogen-bond donors (Lipinski definition) is 2. The first kappa shape index (κ1) is 25.4. The van der Waals surface area contributed by atoms with Crippen molar-refractivity contribution in [2.45, 2.75) is 97.8 Å². The van der Waals surface area contributed by atoms with Crippen LogP contribution in [0.25, 0.3) is 0 Å². The predicted molar refractivity (Wildman–Crippen MR) is 122 cm³/mol. The molecule has 7 heteroatoms. The number of rotatable bonds is 8. The number of carboxylic acid groups (broad SMARTS) is 1. The van der Waals surface area contributed by atoms with Gasteiger partial charge in [0.1, 0.15) is 6.04 Å². The first-order valence-electron chi connectivity index (χ1n) is 11.6. The first-order chi connectivity index (χ1) is 14.3. The Morgan fingerprint density at radius 3 is 2.23 bits per heavy atom. The Morgan fingerprint density at radius 1 is 1.13 bits per heavy atom. The summed E-state index contributed by atoms with van der Waals surface area (Å²) in [6.45, 7) is 12.3. The van der Waals surface area contributed by atoms with Gasteiger partial charge in [-0.15, -0.1) is 0 Å². The third-order valence-corrected chi connectivity index (χ3v) is 6.50. The summed E-state index contributed by atoms with van der Waals surface area (Å²) in [7, 11) is 1.70.